The Bertz CT molecular complexity index is 417. The van der Waals surface area contributed by atoms with Crippen molar-refractivity contribution >= 4 is 15.9 Å². The maximum absolute atomic E-state index is 5.54. The third kappa shape index (κ3) is 3.94. The van der Waals surface area contributed by atoms with E-state index >= 15 is 0 Å². The standard InChI is InChI=1S/C15H23BrN2O/c1-3-12-10-13(15(19-2)14(16)11-12)4-7-18-8-5-17-6-9-18/h10-11,17H,3-9H2,1-2H3. The summed E-state index contributed by atoms with van der Waals surface area (Å²) in [4.78, 5) is 2.52. The van der Waals surface area contributed by atoms with Gasteiger partial charge in [-0.15, -0.1) is 0 Å². The molecule has 0 radical (unpaired) electrons. The molecule has 1 aliphatic heterocycles. The van der Waals surface area contributed by atoms with Gasteiger partial charge in [-0.3, -0.25) is 0 Å². The summed E-state index contributed by atoms with van der Waals surface area (Å²) in [6, 6.07) is 4.44. The van der Waals surface area contributed by atoms with E-state index in [-0.39, 0.29) is 0 Å². The Balaban J connectivity index is 2.06. The highest BCUT2D eigenvalue weighted by Crippen LogP contribution is 2.31. The van der Waals surface area contributed by atoms with Crippen molar-refractivity contribution in [3.05, 3.63) is 27.7 Å². The van der Waals surface area contributed by atoms with Crippen molar-refractivity contribution in [2.24, 2.45) is 0 Å². The van der Waals surface area contributed by atoms with Crippen molar-refractivity contribution in [1.82, 2.24) is 10.2 Å². The minimum Gasteiger partial charge on any atom is -0.495 e. The zero-order chi connectivity index (χ0) is 13.7. The van der Waals surface area contributed by atoms with Crippen molar-refractivity contribution in [3.63, 3.8) is 0 Å². The van der Waals surface area contributed by atoms with Crippen LogP contribution in [0.25, 0.3) is 0 Å². The van der Waals surface area contributed by atoms with E-state index in [0.717, 1.165) is 55.8 Å². The SMILES string of the molecule is CCc1cc(Br)c(OC)c(CCN2CCNCC2)c1. The number of piperazine rings is 1. The molecular weight excluding hydrogens is 304 g/mol. The second-order valence-corrected chi connectivity index (χ2v) is 5.82. The summed E-state index contributed by atoms with van der Waals surface area (Å²) in [5.41, 5.74) is 2.68. The van der Waals surface area contributed by atoms with E-state index in [4.69, 9.17) is 4.74 Å². The summed E-state index contributed by atoms with van der Waals surface area (Å²) < 4.78 is 6.61. The van der Waals surface area contributed by atoms with Gasteiger partial charge in [0, 0.05) is 32.7 Å². The minimum absolute atomic E-state index is 0.993. The van der Waals surface area contributed by atoms with E-state index in [1.54, 1.807) is 7.11 Å². The van der Waals surface area contributed by atoms with Gasteiger partial charge in [0.2, 0.25) is 0 Å². The average Bonchev–Trinajstić information content (AvgIpc) is 2.45. The lowest BCUT2D eigenvalue weighted by Crippen LogP contribution is -2.44. The lowest BCUT2D eigenvalue weighted by Gasteiger charge is -2.27. The molecule has 1 aromatic rings. The molecule has 1 fully saturated rings. The molecule has 1 aromatic carbocycles. The van der Waals surface area contributed by atoms with E-state index in [2.05, 4.69) is 45.2 Å². The molecule has 1 N–H and O–H groups in total. The normalized spacial score (nSPS) is 16.6. The fraction of sp³-hybridized carbons (Fsp3) is 0.600. The van der Waals surface area contributed by atoms with Gasteiger partial charge in [-0.1, -0.05) is 13.0 Å². The molecule has 19 heavy (non-hydrogen) atoms. The Morgan fingerprint density at radius 1 is 1.32 bits per heavy atom. The number of methoxy groups -OCH3 is 1. The van der Waals surface area contributed by atoms with Crippen LogP contribution in [0.3, 0.4) is 0 Å². The number of hydrogen-bond donors (Lipinski definition) is 1. The largest absolute Gasteiger partial charge is 0.495 e. The number of nitrogens with one attached hydrogen (secondary N) is 1. The van der Waals surface area contributed by atoms with Gasteiger partial charge < -0.3 is 15.0 Å². The molecule has 0 atom stereocenters. The molecule has 0 aliphatic carbocycles. The molecule has 1 aliphatic rings. The predicted octanol–water partition coefficient (Wildman–Crippen LogP) is 2.47. The van der Waals surface area contributed by atoms with Crippen molar-refractivity contribution in [1.29, 1.82) is 0 Å². The summed E-state index contributed by atoms with van der Waals surface area (Å²) in [5, 5.41) is 3.39. The highest BCUT2D eigenvalue weighted by atomic mass is 79.9. The number of rotatable bonds is 5. The van der Waals surface area contributed by atoms with Gasteiger partial charge in [0.1, 0.15) is 5.75 Å². The van der Waals surface area contributed by atoms with Crippen LogP contribution in [0.1, 0.15) is 18.1 Å². The first-order valence-corrected chi connectivity index (χ1v) is 7.82. The summed E-state index contributed by atoms with van der Waals surface area (Å²) >= 11 is 3.62. The molecule has 0 bridgehead atoms. The number of aryl methyl sites for hydroxylation is 1. The smallest absolute Gasteiger partial charge is 0.136 e. The van der Waals surface area contributed by atoms with Crippen molar-refractivity contribution in [2.75, 3.05) is 39.8 Å². The van der Waals surface area contributed by atoms with Crippen molar-refractivity contribution in [3.8, 4) is 5.75 Å². The number of benzene rings is 1. The van der Waals surface area contributed by atoms with Crippen LogP contribution in [-0.4, -0.2) is 44.7 Å². The summed E-state index contributed by atoms with van der Waals surface area (Å²) in [7, 11) is 1.75. The molecule has 0 saturated carbocycles. The van der Waals surface area contributed by atoms with Crippen LogP contribution in [0.15, 0.2) is 16.6 Å². The summed E-state index contributed by atoms with van der Waals surface area (Å²) in [6.07, 6.45) is 2.11. The Labute approximate surface area is 124 Å². The van der Waals surface area contributed by atoms with Gasteiger partial charge in [-0.05, 0) is 46.0 Å². The molecule has 1 saturated heterocycles. The van der Waals surface area contributed by atoms with Gasteiger partial charge >= 0.3 is 0 Å². The zero-order valence-corrected chi connectivity index (χ0v) is 13.4. The van der Waals surface area contributed by atoms with Gasteiger partial charge in [0.05, 0.1) is 11.6 Å². The van der Waals surface area contributed by atoms with Crippen molar-refractivity contribution in [2.45, 2.75) is 19.8 Å². The minimum atomic E-state index is 0.993. The number of halogens is 1. The van der Waals surface area contributed by atoms with Crippen LogP contribution in [-0.2, 0) is 12.8 Å². The molecule has 0 spiro atoms. The van der Waals surface area contributed by atoms with Crippen LogP contribution < -0.4 is 10.1 Å². The van der Waals surface area contributed by atoms with E-state index in [1.165, 1.54) is 11.1 Å². The Morgan fingerprint density at radius 3 is 2.68 bits per heavy atom. The molecular formula is C15H23BrN2O. The molecule has 0 aromatic heterocycles. The first kappa shape index (κ1) is 14.8. The predicted molar refractivity (Wildman–Crippen MR) is 83.1 cm³/mol. The molecule has 2 rings (SSSR count). The summed E-state index contributed by atoms with van der Waals surface area (Å²) in [5.74, 6) is 0.993. The van der Waals surface area contributed by atoms with Crippen LogP contribution in [0.5, 0.6) is 5.75 Å². The molecule has 3 nitrogen and oxygen atoms in total. The molecule has 0 amide bonds. The Morgan fingerprint density at radius 2 is 2.05 bits per heavy atom. The summed E-state index contributed by atoms with van der Waals surface area (Å²) in [6.45, 7) is 7.81. The molecule has 4 heteroatoms. The Hall–Kier alpha value is -0.580. The van der Waals surface area contributed by atoms with Gasteiger partial charge in [-0.2, -0.15) is 0 Å². The first-order chi connectivity index (χ1) is 9.24. The van der Waals surface area contributed by atoms with Crippen LogP contribution in [0, 0.1) is 0 Å². The molecule has 106 valence electrons. The van der Waals surface area contributed by atoms with E-state index in [1.807, 2.05) is 0 Å². The lowest BCUT2D eigenvalue weighted by atomic mass is 10.0. The highest BCUT2D eigenvalue weighted by molar-refractivity contribution is 9.10. The fourth-order valence-corrected chi connectivity index (χ4v) is 3.25. The van der Waals surface area contributed by atoms with Crippen molar-refractivity contribution < 1.29 is 4.74 Å². The topological polar surface area (TPSA) is 24.5 Å². The number of hydrogen-bond acceptors (Lipinski definition) is 3. The highest BCUT2D eigenvalue weighted by Gasteiger charge is 2.13. The van der Waals surface area contributed by atoms with Crippen LogP contribution in [0.4, 0.5) is 0 Å². The van der Waals surface area contributed by atoms with Gasteiger partial charge in [0.25, 0.3) is 0 Å². The van der Waals surface area contributed by atoms with E-state index < -0.39 is 0 Å². The lowest BCUT2D eigenvalue weighted by molar-refractivity contribution is 0.243. The van der Waals surface area contributed by atoms with Crippen LogP contribution >= 0.6 is 15.9 Å². The second kappa shape index (κ2) is 7.27. The number of ether oxygens (including phenoxy) is 1. The maximum Gasteiger partial charge on any atom is 0.136 e. The quantitative estimate of drug-likeness (QED) is 0.899. The van der Waals surface area contributed by atoms with E-state index in [0.29, 0.717) is 0 Å². The zero-order valence-electron chi connectivity index (χ0n) is 11.8. The van der Waals surface area contributed by atoms with Crippen LogP contribution in [0.2, 0.25) is 0 Å². The Kier molecular flexibility index (Phi) is 5.67. The first-order valence-electron chi connectivity index (χ1n) is 7.03. The third-order valence-electron chi connectivity index (χ3n) is 3.70. The number of nitrogens with zero attached hydrogens (tertiary/aromatic N) is 1. The molecule has 0 unspecified atom stereocenters. The van der Waals surface area contributed by atoms with E-state index in [9.17, 15) is 0 Å². The maximum atomic E-state index is 5.54. The van der Waals surface area contributed by atoms with Gasteiger partial charge in [0.15, 0.2) is 0 Å². The second-order valence-electron chi connectivity index (χ2n) is 4.97. The molecule has 1 heterocycles. The average molecular weight is 327 g/mol. The fourth-order valence-electron chi connectivity index (χ4n) is 2.54. The third-order valence-corrected chi connectivity index (χ3v) is 4.29. The van der Waals surface area contributed by atoms with Gasteiger partial charge in [-0.25, -0.2) is 0 Å². The monoisotopic (exact) mass is 326 g/mol.